The minimum Gasteiger partial charge on any atom is -0.340 e. The number of hydrogen-bond donors (Lipinski definition) is 0. The molecule has 2 aromatic rings. The lowest BCUT2D eigenvalue weighted by Gasteiger charge is -2.19. The Morgan fingerprint density at radius 1 is 1.19 bits per heavy atom. The van der Waals surface area contributed by atoms with Gasteiger partial charge in [-0.15, -0.1) is 0 Å². The second-order valence-electron chi connectivity index (χ2n) is 5.38. The molecule has 0 N–H and O–H groups in total. The van der Waals surface area contributed by atoms with Crippen molar-refractivity contribution in [2.75, 3.05) is 13.6 Å². The molecule has 1 aromatic carbocycles. The first-order valence-electron chi connectivity index (χ1n) is 6.90. The monoisotopic (exact) mass is 285 g/mol. The third-order valence-electron chi connectivity index (χ3n) is 3.01. The van der Waals surface area contributed by atoms with Gasteiger partial charge < -0.3 is 4.90 Å². The number of carbonyl (C=O) groups excluding carboxylic acids is 1. The predicted molar refractivity (Wildman–Crippen MR) is 81.6 cm³/mol. The van der Waals surface area contributed by atoms with Gasteiger partial charge in [0.2, 0.25) is 0 Å². The first-order valence-corrected chi connectivity index (χ1v) is 6.90. The lowest BCUT2D eigenvalue weighted by atomic mass is 10.2. The third-order valence-corrected chi connectivity index (χ3v) is 3.01. The van der Waals surface area contributed by atoms with Crippen LogP contribution in [0.25, 0.3) is 5.69 Å². The smallest absolute Gasteiger partial charge is 0.274 e. The van der Waals surface area contributed by atoms with Crippen molar-refractivity contribution in [1.82, 2.24) is 14.7 Å². The normalized spacial score (nSPS) is 10.7. The van der Waals surface area contributed by atoms with Crippen molar-refractivity contribution in [3.05, 3.63) is 58.5 Å². The predicted octanol–water partition coefficient (Wildman–Crippen LogP) is 1.96. The van der Waals surface area contributed by atoms with E-state index in [2.05, 4.69) is 5.10 Å². The van der Waals surface area contributed by atoms with E-state index < -0.39 is 0 Å². The van der Waals surface area contributed by atoms with Crippen LogP contribution in [0.5, 0.6) is 0 Å². The van der Waals surface area contributed by atoms with Crippen molar-refractivity contribution >= 4 is 5.91 Å². The minimum absolute atomic E-state index is 0.187. The highest BCUT2D eigenvalue weighted by molar-refractivity contribution is 5.91. The van der Waals surface area contributed by atoms with Gasteiger partial charge >= 0.3 is 0 Å². The van der Waals surface area contributed by atoms with E-state index >= 15 is 0 Å². The van der Waals surface area contributed by atoms with Crippen molar-refractivity contribution in [2.45, 2.75) is 13.8 Å². The molecular formula is C16H19N3O2. The molecule has 0 aliphatic heterocycles. The van der Waals surface area contributed by atoms with Crippen LogP contribution in [-0.4, -0.2) is 34.2 Å². The zero-order chi connectivity index (χ0) is 15.4. The number of nitrogens with zero attached hydrogens (tertiary/aromatic N) is 3. The van der Waals surface area contributed by atoms with Crippen molar-refractivity contribution in [2.24, 2.45) is 5.92 Å². The second kappa shape index (κ2) is 6.35. The van der Waals surface area contributed by atoms with E-state index in [9.17, 15) is 9.59 Å². The van der Waals surface area contributed by atoms with Crippen LogP contribution in [0.15, 0.2) is 47.3 Å². The van der Waals surface area contributed by atoms with Gasteiger partial charge in [-0.25, -0.2) is 0 Å². The maximum atomic E-state index is 12.3. The summed E-state index contributed by atoms with van der Waals surface area (Å²) in [5.41, 5.74) is 0.648. The fraction of sp³-hybridized carbons (Fsp3) is 0.312. The number of aromatic nitrogens is 2. The Hall–Kier alpha value is -2.43. The Morgan fingerprint density at radius 3 is 2.48 bits per heavy atom. The molecule has 0 spiro atoms. The summed E-state index contributed by atoms with van der Waals surface area (Å²) in [5.74, 6) is 0.187. The molecule has 0 aliphatic carbocycles. The lowest BCUT2D eigenvalue weighted by Crippen LogP contribution is -2.33. The van der Waals surface area contributed by atoms with Gasteiger partial charge in [0.25, 0.3) is 11.5 Å². The van der Waals surface area contributed by atoms with E-state index in [0.717, 1.165) is 0 Å². The zero-order valence-corrected chi connectivity index (χ0v) is 12.5. The Balaban J connectivity index is 2.35. The van der Waals surface area contributed by atoms with E-state index in [4.69, 9.17) is 0 Å². The first-order chi connectivity index (χ1) is 9.99. The standard InChI is InChI=1S/C16H19N3O2/c1-12(2)11-18(3)16(21)14-9-10-15(20)19(17-14)13-7-5-4-6-8-13/h4-10,12H,11H2,1-3H3. The number of carbonyl (C=O) groups is 1. The van der Waals surface area contributed by atoms with Gasteiger partial charge in [0, 0.05) is 19.7 Å². The SMILES string of the molecule is CC(C)CN(C)C(=O)c1ccc(=O)n(-c2ccccc2)n1. The van der Waals surface area contributed by atoms with Gasteiger partial charge in [-0.1, -0.05) is 32.0 Å². The maximum absolute atomic E-state index is 12.3. The summed E-state index contributed by atoms with van der Waals surface area (Å²) in [6.07, 6.45) is 0. The Labute approximate surface area is 123 Å². The van der Waals surface area contributed by atoms with Crippen LogP contribution in [0.2, 0.25) is 0 Å². The van der Waals surface area contributed by atoms with Crippen molar-refractivity contribution in [1.29, 1.82) is 0 Å². The molecule has 0 aliphatic rings. The molecule has 5 heteroatoms. The Bertz CT molecular complexity index is 677. The van der Waals surface area contributed by atoms with Crippen LogP contribution in [0.1, 0.15) is 24.3 Å². The molecule has 1 amide bonds. The number of rotatable bonds is 4. The van der Waals surface area contributed by atoms with E-state index in [1.54, 1.807) is 24.1 Å². The fourth-order valence-electron chi connectivity index (χ4n) is 2.11. The molecule has 2 rings (SSSR count). The lowest BCUT2D eigenvalue weighted by molar-refractivity contribution is 0.0771. The van der Waals surface area contributed by atoms with Gasteiger partial charge in [-0.05, 0) is 24.1 Å². The van der Waals surface area contributed by atoms with Crippen molar-refractivity contribution < 1.29 is 4.79 Å². The first kappa shape index (κ1) is 15.0. The Kier molecular flexibility index (Phi) is 4.52. The minimum atomic E-state index is -0.260. The maximum Gasteiger partial charge on any atom is 0.274 e. The topological polar surface area (TPSA) is 55.2 Å². The van der Waals surface area contributed by atoms with Gasteiger partial charge in [0.1, 0.15) is 5.69 Å². The molecule has 0 fully saturated rings. The second-order valence-corrected chi connectivity index (χ2v) is 5.38. The highest BCUT2D eigenvalue weighted by Crippen LogP contribution is 2.05. The van der Waals surface area contributed by atoms with Crippen LogP contribution in [0, 0.1) is 5.92 Å². The average Bonchev–Trinajstić information content (AvgIpc) is 2.47. The molecule has 0 atom stereocenters. The number of para-hydroxylation sites is 1. The van der Waals surface area contributed by atoms with E-state index in [-0.39, 0.29) is 17.2 Å². The summed E-state index contributed by atoms with van der Waals surface area (Å²) < 4.78 is 1.25. The summed E-state index contributed by atoms with van der Waals surface area (Å²) in [5, 5.41) is 4.18. The molecule has 5 nitrogen and oxygen atoms in total. The largest absolute Gasteiger partial charge is 0.340 e. The summed E-state index contributed by atoms with van der Waals surface area (Å²) in [6, 6.07) is 11.9. The summed E-state index contributed by atoms with van der Waals surface area (Å²) in [6.45, 7) is 4.73. The quantitative estimate of drug-likeness (QED) is 0.863. The summed E-state index contributed by atoms with van der Waals surface area (Å²) >= 11 is 0. The van der Waals surface area contributed by atoms with Crippen LogP contribution < -0.4 is 5.56 Å². The molecule has 0 unspecified atom stereocenters. The van der Waals surface area contributed by atoms with Crippen molar-refractivity contribution in [3.63, 3.8) is 0 Å². The fourth-order valence-corrected chi connectivity index (χ4v) is 2.11. The molecule has 0 saturated carbocycles. The highest BCUT2D eigenvalue weighted by Gasteiger charge is 2.15. The van der Waals surface area contributed by atoms with E-state index in [0.29, 0.717) is 18.2 Å². The number of hydrogen-bond acceptors (Lipinski definition) is 3. The number of amides is 1. The van der Waals surface area contributed by atoms with Gasteiger partial charge in [-0.3, -0.25) is 9.59 Å². The van der Waals surface area contributed by atoms with E-state index in [1.165, 1.54) is 16.8 Å². The molecule has 0 saturated heterocycles. The molecule has 110 valence electrons. The average molecular weight is 285 g/mol. The van der Waals surface area contributed by atoms with Crippen LogP contribution in [-0.2, 0) is 0 Å². The molecule has 0 radical (unpaired) electrons. The highest BCUT2D eigenvalue weighted by atomic mass is 16.2. The molecule has 1 aromatic heterocycles. The third kappa shape index (κ3) is 3.56. The molecule has 0 bridgehead atoms. The van der Waals surface area contributed by atoms with Crippen LogP contribution in [0.3, 0.4) is 0 Å². The molecule has 1 heterocycles. The van der Waals surface area contributed by atoms with Gasteiger partial charge in [-0.2, -0.15) is 9.78 Å². The van der Waals surface area contributed by atoms with Crippen LogP contribution in [0.4, 0.5) is 0 Å². The molecule has 21 heavy (non-hydrogen) atoms. The molecular weight excluding hydrogens is 266 g/mol. The number of benzene rings is 1. The zero-order valence-electron chi connectivity index (χ0n) is 12.5. The van der Waals surface area contributed by atoms with Gasteiger partial charge in [0.05, 0.1) is 5.69 Å². The summed E-state index contributed by atoms with van der Waals surface area (Å²) in [7, 11) is 1.74. The summed E-state index contributed by atoms with van der Waals surface area (Å²) in [4.78, 5) is 25.9. The van der Waals surface area contributed by atoms with Crippen LogP contribution >= 0.6 is 0 Å². The van der Waals surface area contributed by atoms with E-state index in [1.807, 2.05) is 32.0 Å². The van der Waals surface area contributed by atoms with Crippen molar-refractivity contribution in [3.8, 4) is 5.69 Å². The Morgan fingerprint density at radius 2 is 1.86 bits per heavy atom. The van der Waals surface area contributed by atoms with Gasteiger partial charge in [0.15, 0.2) is 0 Å².